The molecule has 96 valence electrons. The van der Waals surface area contributed by atoms with Crippen LogP contribution in [0.15, 0.2) is 18.5 Å². The second kappa shape index (κ2) is 5.63. The first-order valence-corrected chi connectivity index (χ1v) is 6.46. The molecule has 0 bridgehead atoms. The van der Waals surface area contributed by atoms with E-state index in [4.69, 9.17) is 0 Å². The fourth-order valence-electron chi connectivity index (χ4n) is 1.80. The molecule has 2 nitrogen and oxygen atoms in total. The van der Waals surface area contributed by atoms with Gasteiger partial charge in [0.05, 0.1) is 0 Å². The number of aryl methyl sites for hydroxylation is 1. The molecule has 2 atom stereocenters. The van der Waals surface area contributed by atoms with Gasteiger partial charge in [0.1, 0.15) is 0 Å². The second-order valence-corrected chi connectivity index (χ2v) is 6.19. The minimum absolute atomic E-state index is 0.193. The van der Waals surface area contributed by atoms with Crippen molar-refractivity contribution in [3.05, 3.63) is 29.6 Å². The van der Waals surface area contributed by atoms with Crippen LogP contribution < -0.4 is 5.32 Å². The zero-order valence-electron chi connectivity index (χ0n) is 12.0. The number of hydrogen-bond acceptors (Lipinski definition) is 2. The van der Waals surface area contributed by atoms with E-state index in [0.29, 0.717) is 11.8 Å². The third kappa shape index (κ3) is 4.86. The van der Waals surface area contributed by atoms with Crippen molar-refractivity contribution in [1.29, 1.82) is 0 Å². The molecule has 1 N–H and O–H groups in total. The second-order valence-electron chi connectivity index (χ2n) is 6.19. The summed E-state index contributed by atoms with van der Waals surface area (Å²) in [6, 6.07) is 2.24. The predicted octanol–water partition coefficient (Wildman–Crippen LogP) is 3.52. The lowest BCUT2D eigenvalue weighted by molar-refractivity contribution is 0.359. The van der Waals surface area contributed by atoms with Crippen molar-refractivity contribution in [2.75, 3.05) is 6.54 Å². The molecule has 1 rings (SSSR count). The standard InChI is InChI=1S/C15H26N2/c1-11-7-14(10-16-8-11)13(3)12(2)9-17-15(4,5)6/h7-8,10,12-13,17H,9H2,1-6H3. The molecule has 0 spiro atoms. The van der Waals surface area contributed by atoms with Crippen LogP contribution in [0.25, 0.3) is 0 Å². The van der Waals surface area contributed by atoms with E-state index in [0.717, 1.165) is 6.54 Å². The highest BCUT2D eigenvalue weighted by Gasteiger charge is 2.17. The highest BCUT2D eigenvalue weighted by Crippen LogP contribution is 2.23. The van der Waals surface area contributed by atoms with Crippen molar-refractivity contribution >= 4 is 0 Å². The van der Waals surface area contributed by atoms with Gasteiger partial charge < -0.3 is 5.32 Å². The van der Waals surface area contributed by atoms with Gasteiger partial charge >= 0.3 is 0 Å². The lowest BCUT2D eigenvalue weighted by Crippen LogP contribution is -2.39. The summed E-state index contributed by atoms with van der Waals surface area (Å²) >= 11 is 0. The van der Waals surface area contributed by atoms with Crippen molar-refractivity contribution < 1.29 is 0 Å². The molecule has 0 amide bonds. The van der Waals surface area contributed by atoms with Crippen molar-refractivity contribution in [1.82, 2.24) is 10.3 Å². The molecule has 1 heterocycles. The molecule has 0 aliphatic carbocycles. The highest BCUT2D eigenvalue weighted by atomic mass is 14.9. The van der Waals surface area contributed by atoms with Gasteiger partial charge in [-0.25, -0.2) is 0 Å². The molecule has 2 heteroatoms. The van der Waals surface area contributed by atoms with Crippen LogP contribution in [0.1, 0.15) is 51.7 Å². The molecule has 1 aromatic rings. The SMILES string of the molecule is Cc1cncc(C(C)C(C)CNC(C)(C)C)c1. The molecule has 17 heavy (non-hydrogen) atoms. The van der Waals surface area contributed by atoms with E-state index in [9.17, 15) is 0 Å². The maximum atomic E-state index is 4.28. The zero-order valence-corrected chi connectivity index (χ0v) is 12.0. The molecular weight excluding hydrogens is 208 g/mol. The van der Waals surface area contributed by atoms with E-state index < -0.39 is 0 Å². The van der Waals surface area contributed by atoms with Crippen LogP contribution in [-0.4, -0.2) is 17.1 Å². The molecule has 1 aromatic heterocycles. The highest BCUT2D eigenvalue weighted by molar-refractivity contribution is 5.20. The third-order valence-electron chi connectivity index (χ3n) is 3.23. The number of hydrogen-bond donors (Lipinski definition) is 1. The summed E-state index contributed by atoms with van der Waals surface area (Å²) < 4.78 is 0. The van der Waals surface area contributed by atoms with Gasteiger partial charge in [-0.2, -0.15) is 0 Å². The lowest BCUT2D eigenvalue weighted by atomic mass is 9.89. The predicted molar refractivity (Wildman–Crippen MR) is 74.3 cm³/mol. The van der Waals surface area contributed by atoms with Crippen molar-refractivity contribution in [3.8, 4) is 0 Å². The van der Waals surface area contributed by atoms with Crippen molar-refractivity contribution in [2.45, 2.75) is 53.0 Å². The minimum atomic E-state index is 0.193. The Morgan fingerprint density at radius 1 is 1.24 bits per heavy atom. The summed E-state index contributed by atoms with van der Waals surface area (Å²) in [6.45, 7) is 14.3. The van der Waals surface area contributed by atoms with Crippen LogP contribution in [0.2, 0.25) is 0 Å². The van der Waals surface area contributed by atoms with Crippen LogP contribution in [-0.2, 0) is 0 Å². The fourth-order valence-corrected chi connectivity index (χ4v) is 1.80. The zero-order chi connectivity index (χ0) is 13.1. The quantitative estimate of drug-likeness (QED) is 0.862. The Bertz CT molecular complexity index is 352. The molecule has 0 aliphatic rings. The Labute approximate surface area is 106 Å². The van der Waals surface area contributed by atoms with Gasteiger partial charge in [-0.15, -0.1) is 0 Å². The maximum absolute atomic E-state index is 4.28. The molecular formula is C15H26N2. The van der Waals surface area contributed by atoms with Gasteiger partial charge in [-0.1, -0.05) is 19.9 Å². The van der Waals surface area contributed by atoms with Crippen molar-refractivity contribution in [2.24, 2.45) is 5.92 Å². The van der Waals surface area contributed by atoms with Gasteiger partial charge in [0, 0.05) is 17.9 Å². The maximum Gasteiger partial charge on any atom is 0.0302 e. The van der Waals surface area contributed by atoms with Crippen LogP contribution in [0, 0.1) is 12.8 Å². The summed E-state index contributed by atoms with van der Waals surface area (Å²) in [5.41, 5.74) is 2.78. The summed E-state index contributed by atoms with van der Waals surface area (Å²) in [5.74, 6) is 1.15. The number of aromatic nitrogens is 1. The number of nitrogens with zero attached hydrogens (tertiary/aromatic N) is 1. The molecule has 0 radical (unpaired) electrons. The van der Waals surface area contributed by atoms with Crippen LogP contribution in [0.4, 0.5) is 0 Å². The summed E-state index contributed by atoms with van der Waals surface area (Å²) in [4.78, 5) is 4.28. The van der Waals surface area contributed by atoms with E-state index in [1.54, 1.807) is 0 Å². The number of pyridine rings is 1. The number of nitrogens with one attached hydrogen (secondary N) is 1. The van der Waals surface area contributed by atoms with Crippen molar-refractivity contribution in [3.63, 3.8) is 0 Å². The molecule has 2 unspecified atom stereocenters. The fraction of sp³-hybridized carbons (Fsp3) is 0.667. The van der Waals surface area contributed by atoms with E-state index in [2.05, 4.69) is 57.9 Å². The summed E-state index contributed by atoms with van der Waals surface area (Å²) in [6.07, 6.45) is 3.90. The van der Waals surface area contributed by atoms with E-state index in [-0.39, 0.29) is 5.54 Å². The van der Waals surface area contributed by atoms with Gasteiger partial charge in [0.25, 0.3) is 0 Å². The molecule has 0 fully saturated rings. The first-order chi connectivity index (χ1) is 7.79. The van der Waals surface area contributed by atoms with Gasteiger partial charge in [0.15, 0.2) is 0 Å². The monoisotopic (exact) mass is 234 g/mol. The normalized spacial score (nSPS) is 15.6. The van der Waals surface area contributed by atoms with Crippen LogP contribution in [0.5, 0.6) is 0 Å². The number of rotatable bonds is 4. The topological polar surface area (TPSA) is 24.9 Å². The summed E-state index contributed by atoms with van der Waals surface area (Å²) in [7, 11) is 0. The molecule has 0 saturated heterocycles. The van der Waals surface area contributed by atoms with Gasteiger partial charge in [0.2, 0.25) is 0 Å². The van der Waals surface area contributed by atoms with E-state index >= 15 is 0 Å². The van der Waals surface area contributed by atoms with Crippen LogP contribution >= 0.6 is 0 Å². The first-order valence-electron chi connectivity index (χ1n) is 6.46. The summed E-state index contributed by atoms with van der Waals surface area (Å²) in [5, 5.41) is 3.57. The van der Waals surface area contributed by atoms with Gasteiger partial charge in [-0.05, 0) is 57.2 Å². The van der Waals surface area contributed by atoms with Crippen LogP contribution in [0.3, 0.4) is 0 Å². The van der Waals surface area contributed by atoms with E-state index in [1.807, 2.05) is 12.4 Å². The molecule has 0 aromatic carbocycles. The Kier molecular flexibility index (Phi) is 4.70. The Hall–Kier alpha value is -0.890. The molecule has 0 saturated carbocycles. The largest absolute Gasteiger partial charge is 0.312 e. The van der Waals surface area contributed by atoms with Gasteiger partial charge in [-0.3, -0.25) is 4.98 Å². The average molecular weight is 234 g/mol. The Balaban J connectivity index is 2.60. The first kappa shape index (κ1) is 14.2. The smallest absolute Gasteiger partial charge is 0.0302 e. The minimum Gasteiger partial charge on any atom is -0.312 e. The van der Waals surface area contributed by atoms with E-state index in [1.165, 1.54) is 11.1 Å². The molecule has 0 aliphatic heterocycles. The third-order valence-corrected chi connectivity index (χ3v) is 3.23. The Morgan fingerprint density at radius 2 is 1.88 bits per heavy atom. The average Bonchev–Trinajstić information content (AvgIpc) is 2.24. The lowest BCUT2D eigenvalue weighted by Gasteiger charge is -2.26. The Morgan fingerprint density at radius 3 is 2.41 bits per heavy atom.